The molecule has 0 spiro atoms. The lowest BCUT2D eigenvalue weighted by atomic mass is 10.1. The Hall–Kier alpha value is -3.41. The molecule has 0 fully saturated rings. The quantitative estimate of drug-likeness (QED) is 0.463. The van der Waals surface area contributed by atoms with Gasteiger partial charge in [-0.3, -0.25) is 14.2 Å². The summed E-state index contributed by atoms with van der Waals surface area (Å²) in [5.41, 5.74) is 1.81. The molecule has 0 amide bonds. The number of para-hydroxylation sites is 1. The zero-order chi connectivity index (χ0) is 21.3. The number of aryl methyl sites for hydroxylation is 3. The van der Waals surface area contributed by atoms with Crippen LogP contribution in [0.2, 0.25) is 0 Å². The van der Waals surface area contributed by atoms with E-state index in [1.54, 1.807) is 17.7 Å². The van der Waals surface area contributed by atoms with Gasteiger partial charge in [-0.05, 0) is 42.7 Å². The fraction of sp³-hybridized carbons (Fsp3) is 0.292. The highest BCUT2D eigenvalue weighted by atomic mass is 16.5. The van der Waals surface area contributed by atoms with Gasteiger partial charge in [0.25, 0.3) is 5.56 Å². The van der Waals surface area contributed by atoms with Gasteiger partial charge >= 0.3 is 0 Å². The lowest BCUT2D eigenvalue weighted by Gasteiger charge is -2.16. The lowest BCUT2D eigenvalue weighted by molar-refractivity contribution is 0.414. The topological polar surface area (TPSA) is 66.1 Å². The summed E-state index contributed by atoms with van der Waals surface area (Å²) in [6, 6.07) is 15.1. The Balaban J connectivity index is 1.87. The molecule has 0 N–H and O–H groups in total. The number of fused-ring (bicyclic) bond motifs is 2. The van der Waals surface area contributed by atoms with Gasteiger partial charge in [-0.25, -0.2) is 4.98 Å². The molecule has 0 aliphatic carbocycles. The van der Waals surface area contributed by atoms with E-state index in [0.717, 1.165) is 23.3 Å². The molecule has 4 aromatic rings. The smallest absolute Gasteiger partial charge is 0.266 e. The number of ether oxygens (including phenoxy) is 1. The van der Waals surface area contributed by atoms with E-state index in [1.165, 1.54) is 0 Å². The van der Waals surface area contributed by atoms with Crippen molar-refractivity contribution >= 4 is 21.9 Å². The van der Waals surface area contributed by atoms with Crippen molar-refractivity contribution in [3.05, 3.63) is 80.5 Å². The SMILES string of the molecule is CCCc1nc2c(c(=O)c3ccccc3n2C)c(=O)n1CCc1ccc(OC)cc1. The monoisotopic (exact) mass is 403 g/mol. The van der Waals surface area contributed by atoms with Crippen molar-refractivity contribution in [1.29, 1.82) is 0 Å². The summed E-state index contributed by atoms with van der Waals surface area (Å²) < 4.78 is 8.73. The predicted molar refractivity (Wildman–Crippen MR) is 119 cm³/mol. The number of methoxy groups -OCH3 is 1. The van der Waals surface area contributed by atoms with Crippen molar-refractivity contribution in [1.82, 2.24) is 14.1 Å². The van der Waals surface area contributed by atoms with Gasteiger partial charge in [0, 0.05) is 25.4 Å². The van der Waals surface area contributed by atoms with Gasteiger partial charge in [0.15, 0.2) is 5.65 Å². The summed E-state index contributed by atoms with van der Waals surface area (Å²) in [5.74, 6) is 1.51. The minimum atomic E-state index is -0.261. The number of benzene rings is 2. The molecule has 2 heterocycles. The van der Waals surface area contributed by atoms with Gasteiger partial charge in [0.2, 0.25) is 5.43 Å². The Labute approximate surface area is 174 Å². The third-order valence-electron chi connectivity index (χ3n) is 5.54. The highest BCUT2D eigenvalue weighted by Gasteiger charge is 2.17. The van der Waals surface area contributed by atoms with Crippen LogP contribution in [0.15, 0.2) is 58.1 Å². The fourth-order valence-corrected chi connectivity index (χ4v) is 3.91. The molecule has 0 unspecified atom stereocenters. The van der Waals surface area contributed by atoms with Gasteiger partial charge in [0.05, 0.1) is 12.6 Å². The molecule has 0 aliphatic heterocycles. The Morgan fingerprint density at radius 2 is 1.73 bits per heavy atom. The van der Waals surface area contributed by atoms with Gasteiger partial charge in [0.1, 0.15) is 17.0 Å². The normalized spacial score (nSPS) is 11.3. The van der Waals surface area contributed by atoms with Crippen molar-refractivity contribution in [2.24, 2.45) is 7.05 Å². The lowest BCUT2D eigenvalue weighted by Crippen LogP contribution is -2.31. The largest absolute Gasteiger partial charge is 0.497 e. The van der Waals surface area contributed by atoms with Crippen molar-refractivity contribution in [3.8, 4) is 5.75 Å². The second kappa shape index (κ2) is 8.14. The molecule has 30 heavy (non-hydrogen) atoms. The molecule has 6 heteroatoms. The molecule has 0 saturated carbocycles. The Morgan fingerprint density at radius 3 is 2.43 bits per heavy atom. The van der Waals surface area contributed by atoms with Crippen LogP contribution in [-0.4, -0.2) is 21.2 Å². The summed E-state index contributed by atoms with van der Waals surface area (Å²) in [6.45, 7) is 2.53. The number of aromatic nitrogens is 3. The second-order valence-electron chi connectivity index (χ2n) is 7.44. The van der Waals surface area contributed by atoms with Crippen LogP contribution in [0.3, 0.4) is 0 Å². The van der Waals surface area contributed by atoms with E-state index in [-0.39, 0.29) is 16.4 Å². The van der Waals surface area contributed by atoms with Crippen LogP contribution in [0.25, 0.3) is 21.9 Å². The molecule has 0 saturated heterocycles. The summed E-state index contributed by atoms with van der Waals surface area (Å²) >= 11 is 0. The zero-order valence-electron chi connectivity index (χ0n) is 17.5. The third-order valence-corrected chi connectivity index (χ3v) is 5.54. The third kappa shape index (κ3) is 3.38. The average Bonchev–Trinajstić information content (AvgIpc) is 2.77. The predicted octanol–water partition coefficient (Wildman–Crippen LogP) is 3.45. The van der Waals surface area contributed by atoms with E-state index in [0.29, 0.717) is 36.2 Å². The highest BCUT2D eigenvalue weighted by Crippen LogP contribution is 2.16. The molecule has 6 nitrogen and oxygen atoms in total. The second-order valence-corrected chi connectivity index (χ2v) is 7.44. The van der Waals surface area contributed by atoms with Crippen LogP contribution in [0.1, 0.15) is 24.7 Å². The Bertz CT molecular complexity index is 1330. The number of pyridine rings is 1. The highest BCUT2D eigenvalue weighted by molar-refractivity contribution is 5.91. The molecule has 4 rings (SSSR count). The van der Waals surface area contributed by atoms with Crippen LogP contribution in [0.4, 0.5) is 0 Å². The number of hydrogen-bond acceptors (Lipinski definition) is 4. The maximum atomic E-state index is 13.5. The Morgan fingerprint density at radius 1 is 1.00 bits per heavy atom. The maximum Gasteiger partial charge on any atom is 0.266 e. The first kappa shape index (κ1) is 19.9. The minimum Gasteiger partial charge on any atom is -0.497 e. The van der Waals surface area contributed by atoms with Crippen LogP contribution in [0.5, 0.6) is 5.75 Å². The standard InChI is InChI=1S/C24H25N3O3/c1-4-7-20-25-23-21(22(28)18-8-5-6-9-19(18)26(23)2)24(29)27(20)15-14-16-10-12-17(30-3)13-11-16/h5-6,8-13H,4,7,14-15H2,1-3H3. The zero-order valence-corrected chi connectivity index (χ0v) is 17.5. The van der Waals surface area contributed by atoms with E-state index < -0.39 is 0 Å². The minimum absolute atomic E-state index is 0.158. The first-order valence-corrected chi connectivity index (χ1v) is 10.2. The van der Waals surface area contributed by atoms with E-state index in [4.69, 9.17) is 9.72 Å². The van der Waals surface area contributed by atoms with Crippen molar-refractivity contribution in [3.63, 3.8) is 0 Å². The van der Waals surface area contributed by atoms with Gasteiger partial charge in [-0.1, -0.05) is 31.2 Å². The first-order valence-electron chi connectivity index (χ1n) is 10.2. The number of hydrogen-bond donors (Lipinski definition) is 0. The van der Waals surface area contributed by atoms with Crippen molar-refractivity contribution in [2.75, 3.05) is 7.11 Å². The summed E-state index contributed by atoms with van der Waals surface area (Å²) in [5, 5.41) is 0.696. The molecule has 0 radical (unpaired) electrons. The van der Waals surface area contributed by atoms with E-state index in [9.17, 15) is 9.59 Å². The van der Waals surface area contributed by atoms with Crippen LogP contribution < -0.4 is 15.7 Å². The average molecular weight is 403 g/mol. The maximum absolute atomic E-state index is 13.5. The van der Waals surface area contributed by atoms with Crippen LogP contribution in [-0.2, 0) is 26.4 Å². The molecule has 154 valence electrons. The molecule has 2 aromatic carbocycles. The summed E-state index contributed by atoms with van der Waals surface area (Å²) in [6.07, 6.45) is 2.21. The van der Waals surface area contributed by atoms with Crippen molar-refractivity contribution < 1.29 is 4.74 Å². The molecule has 2 aromatic heterocycles. The molecule has 0 aliphatic rings. The molecular formula is C24H25N3O3. The van der Waals surface area contributed by atoms with Crippen LogP contribution >= 0.6 is 0 Å². The van der Waals surface area contributed by atoms with Gasteiger partial charge in [-0.15, -0.1) is 0 Å². The first-order chi connectivity index (χ1) is 14.5. The number of nitrogens with zero attached hydrogens (tertiary/aromatic N) is 3. The van der Waals surface area contributed by atoms with Gasteiger partial charge < -0.3 is 9.30 Å². The van der Waals surface area contributed by atoms with Gasteiger partial charge in [-0.2, -0.15) is 0 Å². The van der Waals surface area contributed by atoms with Crippen LogP contribution in [0, 0.1) is 0 Å². The number of rotatable bonds is 6. The molecule has 0 atom stereocenters. The summed E-state index contributed by atoms with van der Waals surface area (Å²) in [4.78, 5) is 31.4. The fourth-order valence-electron chi connectivity index (χ4n) is 3.91. The van der Waals surface area contributed by atoms with Crippen molar-refractivity contribution in [2.45, 2.75) is 32.7 Å². The molecular weight excluding hydrogens is 378 g/mol. The van der Waals surface area contributed by atoms with E-state index in [1.807, 2.05) is 54.1 Å². The van der Waals surface area contributed by atoms with E-state index >= 15 is 0 Å². The molecule has 0 bridgehead atoms. The summed E-state index contributed by atoms with van der Waals surface area (Å²) in [7, 11) is 3.49. The Kier molecular flexibility index (Phi) is 5.40. The van der Waals surface area contributed by atoms with E-state index in [2.05, 4.69) is 6.92 Å².